The van der Waals surface area contributed by atoms with Gasteiger partial charge in [0.1, 0.15) is 0 Å². The number of nitriles is 1. The summed E-state index contributed by atoms with van der Waals surface area (Å²) < 4.78 is 0. The topological polar surface area (TPSA) is 27.0 Å². The van der Waals surface area contributed by atoms with E-state index in [-0.39, 0.29) is 6.04 Å². The van der Waals surface area contributed by atoms with Gasteiger partial charge in [-0.15, -0.1) is 0 Å². The summed E-state index contributed by atoms with van der Waals surface area (Å²) in [5.74, 6) is 0.748. The standard InChI is InChI=1S/C12H24N2/c1-5-11(6-2)10-14(8-4)12(7-3)9-13/h11-12H,5-8,10H2,1-4H3. The van der Waals surface area contributed by atoms with Crippen molar-refractivity contribution in [3.8, 4) is 6.07 Å². The SMILES string of the molecule is CCC(CC)CN(CC)C(C#N)CC. The second-order valence-corrected chi connectivity index (χ2v) is 3.82. The first-order chi connectivity index (χ1) is 6.73. The molecule has 0 fully saturated rings. The van der Waals surface area contributed by atoms with Crippen molar-refractivity contribution < 1.29 is 0 Å². The van der Waals surface area contributed by atoms with E-state index >= 15 is 0 Å². The molecule has 0 saturated heterocycles. The summed E-state index contributed by atoms with van der Waals surface area (Å²) in [6, 6.07) is 2.49. The average molecular weight is 196 g/mol. The van der Waals surface area contributed by atoms with Crippen LogP contribution >= 0.6 is 0 Å². The lowest BCUT2D eigenvalue weighted by Crippen LogP contribution is -2.37. The number of hydrogen-bond donors (Lipinski definition) is 0. The lowest BCUT2D eigenvalue weighted by atomic mass is 10.0. The summed E-state index contributed by atoms with van der Waals surface area (Å²) in [6.45, 7) is 10.8. The van der Waals surface area contributed by atoms with Crippen molar-refractivity contribution in [2.75, 3.05) is 13.1 Å². The number of nitrogens with zero attached hydrogens (tertiary/aromatic N) is 2. The van der Waals surface area contributed by atoms with E-state index in [1.807, 2.05) is 0 Å². The van der Waals surface area contributed by atoms with Crippen LogP contribution < -0.4 is 0 Å². The molecule has 0 rings (SSSR count). The molecule has 0 aromatic carbocycles. The molecule has 2 heteroatoms. The van der Waals surface area contributed by atoms with Crippen molar-refractivity contribution in [1.82, 2.24) is 4.90 Å². The monoisotopic (exact) mass is 196 g/mol. The molecule has 1 unspecified atom stereocenters. The molecule has 0 N–H and O–H groups in total. The van der Waals surface area contributed by atoms with Crippen molar-refractivity contribution in [2.45, 2.75) is 53.0 Å². The first kappa shape index (κ1) is 13.4. The lowest BCUT2D eigenvalue weighted by molar-refractivity contribution is 0.197. The molecule has 2 nitrogen and oxygen atoms in total. The fraction of sp³-hybridized carbons (Fsp3) is 0.917. The van der Waals surface area contributed by atoms with Gasteiger partial charge in [-0.25, -0.2) is 0 Å². The van der Waals surface area contributed by atoms with E-state index in [2.05, 4.69) is 38.7 Å². The van der Waals surface area contributed by atoms with E-state index in [1.165, 1.54) is 12.8 Å². The Labute approximate surface area is 88.9 Å². The third-order valence-corrected chi connectivity index (χ3v) is 3.03. The molecule has 0 aromatic rings. The molecule has 0 aliphatic carbocycles. The van der Waals surface area contributed by atoms with Gasteiger partial charge in [-0.3, -0.25) is 4.90 Å². The molecule has 0 spiro atoms. The van der Waals surface area contributed by atoms with Crippen LogP contribution in [0.1, 0.15) is 47.0 Å². The maximum absolute atomic E-state index is 8.99. The van der Waals surface area contributed by atoms with Crippen LogP contribution in [0.3, 0.4) is 0 Å². The van der Waals surface area contributed by atoms with Crippen LogP contribution in [0.4, 0.5) is 0 Å². The molecule has 1 atom stereocenters. The molecule has 0 saturated carbocycles. The van der Waals surface area contributed by atoms with Crippen LogP contribution in [-0.2, 0) is 0 Å². The van der Waals surface area contributed by atoms with Crippen LogP contribution in [0.5, 0.6) is 0 Å². The first-order valence-corrected chi connectivity index (χ1v) is 5.86. The Morgan fingerprint density at radius 2 is 1.64 bits per heavy atom. The smallest absolute Gasteiger partial charge is 0.0975 e. The Morgan fingerprint density at radius 3 is 1.93 bits per heavy atom. The minimum Gasteiger partial charge on any atom is -0.288 e. The third kappa shape index (κ3) is 4.11. The van der Waals surface area contributed by atoms with E-state index in [9.17, 15) is 0 Å². The zero-order chi connectivity index (χ0) is 11.0. The fourth-order valence-corrected chi connectivity index (χ4v) is 1.79. The van der Waals surface area contributed by atoms with Gasteiger partial charge >= 0.3 is 0 Å². The van der Waals surface area contributed by atoms with Crippen molar-refractivity contribution in [1.29, 1.82) is 5.26 Å². The average Bonchev–Trinajstić information content (AvgIpc) is 2.24. The molecule has 0 aliphatic rings. The highest BCUT2D eigenvalue weighted by molar-refractivity contribution is 4.90. The third-order valence-electron chi connectivity index (χ3n) is 3.03. The fourth-order valence-electron chi connectivity index (χ4n) is 1.79. The van der Waals surface area contributed by atoms with E-state index in [1.54, 1.807) is 0 Å². The zero-order valence-corrected chi connectivity index (χ0v) is 10.1. The predicted molar refractivity (Wildman–Crippen MR) is 61.0 cm³/mol. The van der Waals surface area contributed by atoms with Crippen LogP contribution in [0.2, 0.25) is 0 Å². The Morgan fingerprint density at radius 1 is 1.07 bits per heavy atom. The summed E-state index contributed by atoms with van der Waals surface area (Å²) >= 11 is 0. The highest BCUT2D eigenvalue weighted by Gasteiger charge is 2.17. The largest absolute Gasteiger partial charge is 0.288 e. The Kier molecular flexibility index (Phi) is 7.51. The van der Waals surface area contributed by atoms with Gasteiger partial charge in [0.05, 0.1) is 12.1 Å². The van der Waals surface area contributed by atoms with Gasteiger partial charge in [-0.05, 0) is 18.9 Å². The van der Waals surface area contributed by atoms with Gasteiger partial charge < -0.3 is 0 Å². The van der Waals surface area contributed by atoms with E-state index in [0.29, 0.717) is 0 Å². The van der Waals surface area contributed by atoms with Crippen LogP contribution in [-0.4, -0.2) is 24.0 Å². The second-order valence-electron chi connectivity index (χ2n) is 3.82. The van der Waals surface area contributed by atoms with Crippen molar-refractivity contribution in [2.24, 2.45) is 5.92 Å². The van der Waals surface area contributed by atoms with Crippen molar-refractivity contribution in [3.05, 3.63) is 0 Å². The molecule has 82 valence electrons. The van der Waals surface area contributed by atoms with Gasteiger partial charge in [0.2, 0.25) is 0 Å². The number of hydrogen-bond acceptors (Lipinski definition) is 2. The Hall–Kier alpha value is -0.550. The van der Waals surface area contributed by atoms with Crippen LogP contribution in [0, 0.1) is 17.2 Å². The molecule has 0 amide bonds. The van der Waals surface area contributed by atoms with Gasteiger partial charge in [0, 0.05) is 6.54 Å². The molecule has 0 aromatic heterocycles. The summed E-state index contributed by atoms with van der Waals surface area (Å²) in [4.78, 5) is 2.30. The zero-order valence-electron chi connectivity index (χ0n) is 10.1. The van der Waals surface area contributed by atoms with E-state index < -0.39 is 0 Å². The first-order valence-electron chi connectivity index (χ1n) is 5.86. The minimum absolute atomic E-state index is 0.112. The molecular weight excluding hydrogens is 172 g/mol. The minimum atomic E-state index is 0.112. The van der Waals surface area contributed by atoms with Gasteiger partial charge in [-0.1, -0.05) is 40.5 Å². The summed E-state index contributed by atoms with van der Waals surface area (Å²) in [6.07, 6.45) is 3.37. The molecule has 0 aliphatic heterocycles. The van der Waals surface area contributed by atoms with Crippen molar-refractivity contribution in [3.63, 3.8) is 0 Å². The highest BCUT2D eigenvalue weighted by atomic mass is 15.1. The Bertz CT molecular complexity index is 168. The van der Waals surface area contributed by atoms with Crippen LogP contribution in [0.15, 0.2) is 0 Å². The second kappa shape index (κ2) is 7.82. The van der Waals surface area contributed by atoms with E-state index in [0.717, 1.165) is 25.4 Å². The quantitative estimate of drug-likeness (QED) is 0.626. The van der Waals surface area contributed by atoms with Gasteiger partial charge in [0.25, 0.3) is 0 Å². The highest BCUT2D eigenvalue weighted by Crippen LogP contribution is 2.13. The normalized spacial score (nSPS) is 13.2. The lowest BCUT2D eigenvalue weighted by Gasteiger charge is -2.28. The predicted octanol–water partition coefficient (Wildman–Crippen LogP) is 3.05. The maximum Gasteiger partial charge on any atom is 0.0975 e. The Balaban J connectivity index is 4.19. The summed E-state index contributed by atoms with van der Waals surface area (Å²) in [7, 11) is 0. The van der Waals surface area contributed by atoms with Crippen molar-refractivity contribution >= 4 is 0 Å². The summed E-state index contributed by atoms with van der Waals surface area (Å²) in [5.41, 5.74) is 0. The molecule has 0 bridgehead atoms. The summed E-state index contributed by atoms with van der Waals surface area (Å²) in [5, 5.41) is 8.99. The molecule has 0 heterocycles. The van der Waals surface area contributed by atoms with E-state index in [4.69, 9.17) is 5.26 Å². The maximum atomic E-state index is 8.99. The van der Waals surface area contributed by atoms with Crippen LogP contribution in [0.25, 0.3) is 0 Å². The number of rotatable bonds is 7. The van der Waals surface area contributed by atoms with Gasteiger partial charge in [0.15, 0.2) is 0 Å². The molecule has 0 radical (unpaired) electrons. The van der Waals surface area contributed by atoms with Gasteiger partial charge in [-0.2, -0.15) is 5.26 Å². The molecule has 14 heavy (non-hydrogen) atoms. The molecular formula is C12H24N2.